The minimum atomic E-state index is -0.844. The van der Waals surface area contributed by atoms with Gasteiger partial charge < -0.3 is 10.8 Å². The van der Waals surface area contributed by atoms with E-state index in [4.69, 9.17) is 10.8 Å². The van der Waals surface area contributed by atoms with Gasteiger partial charge in [-0.2, -0.15) is 0 Å². The zero-order valence-corrected chi connectivity index (χ0v) is 9.93. The molecule has 1 aliphatic rings. The summed E-state index contributed by atoms with van der Waals surface area (Å²) in [6, 6.07) is 7.74. The lowest BCUT2D eigenvalue weighted by Crippen LogP contribution is -2.15. The van der Waals surface area contributed by atoms with Crippen molar-refractivity contribution in [1.29, 1.82) is 0 Å². The summed E-state index contributed by atoms with van der Waals surface area (Å²) in [6.45, 7) is 0. The lowest BCUT2D eigenvalue weighted by Gasteiger charge is -2.14. The Labute approximate surface area is 102 Å². The molecule has 3 nitrogen and oxygen atoms in total. The second-order valence-corrected chi connectivity index (χ2v) is 4.86. The summed E-state index contributed by atoms with van der Waals surface area (Å²) in [5, 5.41) is 8.75. The van der Waals surface area contributed by atoms with E-state index in [1.165, 1.54) is 31.2 Å². The molecule has 1 atom stereocenters. The van der Waals surface area contributed by atoms with Crippen molar-refractivity contribution in [2.24, 2.45) is 5.73 Å². The number of nitrogens with two attached hydrogens (primary N) is 1. The number of carboxylic acids is 1. The van der Waals surface area contributed by atoms with Crippen molar-refractivity contribution in [2.75, 3.05) is 0 Å². The SMILES string of the molecule is NC(CC(=O)O)c1cccc(C2CCCC2)c1. The standard InChI is InChI=1S/C14H19NO2/c15-13(9-14(16)17)12-7-3-6-11(8-12)10-4-1-2-5-10/h3,6-8,10,13H,1-2,4-5,9,15H2,(H,16,17). The third-order valence-electron chi connectivity index (χ3n) is 3.56. The molecule has 0 aliphatic heterocycles. The summed E-state index contributed by atoms with van der Waals surface area (Å²) in [5.41, 5.74) is 8.14. The fourth-order valence-corrected chi connectivity index (χ4v) is 2.61. The van der Waals surface area contributed by atoms with Gasteiger partial charge in [0.25, 0.3) is 0 Å². The maximum atomic E-state index is 10.6. The van der Waals surface area contributed by atoms with E-state index in [-0.39, 0.29) is 6.42 Å². The average Bonchev–Trinajstić information content (AvgIpc) is 2.82. The van der Waals surface area contributed by atoms with Gasteiger partial charge in [0.15, 0.2) is 0 Å². The second-order valence-electron chi connectivity index (χ2n) is 4.86. The molecule has 1 aromatic carbocycles. The van der Waals surface area contributed by atoms with Gasteiger partial charge in [0.1, 0.15) is 0 Å². The van der Waals surface area contributed by atoms with Crippen molar-refractivity contribution in [3.63, 3.8) is 0 Å². The number of aliphatic carboxylic acids is 1. The molecule has 1 saturated carbocycles. The molecule has 2 rings (SSSR count). The van der Waals surface area contributed by atoms with Crippen molar-refractivity contribution >= 4 is 5.97 Å². The van der Waals surface area contributed by atoms with Crippen LogP contribution < -0.4 is 5.73 Å². The number of rotatable bonds is 4. The third-order valence-corrected chi connectivity index (χ3v) is 3.56. The summed E-state index contributed by atoms with van der Waals surface area (Å²) in [7, 11) is 0. The lowest BCUT2D eigenvalue weighted by molar-refractivity contribution is -0.137. The third kappa shape index (κ3) is 3.07. The van der Waals surface area contributed by atoms with Gasteiger partial charge in [0.05, 0.1) is 6.42 Å². The Balaban J connectivity index is 2.12. The Morgan fingerprint density at radius 2 is 2.12 bits per heavy atom. The number of carboxylic acid groups (broad SMARTS) is 1. The Morgan fingerprint density at radius 1 is 1.41 bits per heavy atom. The van der Waals surface area contributed by atoms with Crippen LogP contribution in [0.15, 0.2) is 24.3 Å². The van der Waals surface area contributed by atoms with Crippen molar-refractivity contribution in [3.8, 4) is 0 Å². The Kier molecular flexibility index (Phi) is 3.79. The van der Waals surface area contributed by atoms with Crippen molar-refractivity contribution in [2.45, 2.75) is 44.1 Å². The molecule has 0 heterocycles. The molecule has 3 N–H and O–H groups in total. The Morgan fingerprint density at radius 3 is 2.76 bits per heavy atom. The molecule has 1 fully saturated rings. The van der Waals surface area contributed by atoms with E-state index in [1.54, 1.807) is 0 Å². The van der Waals surface area contributed by atoms with Crippen LogP contribution in [-0.4, -0.2) is 11.1 Å². The van der Waals surface area contributed by atoms with Crippen molar-refractivity contribution < 1.29 is 9.90 Å². The zero-order chi connectivity index (χ0) is 12.3. The van der Waals surface area contributed by atoms with E-state index < -0.39 is 12.0 Å². The predicted octanol–water partition coefficient (Wildman–Crippen LogP) is 2.82. The van der Waals surface area contributed by atoms with Gasteiger partial charge in [-0.3, -0.25) is 4.79 Å². The van der Waals surface area contributed by atoms with Crippen LogP contribution in [0, 0.1) is 0 Å². The Hall–Kier alpha value is -1.35. The first kappa shape index (κ1) is 12.1. The van der Waals surface area contributed by atoms with E-state index >= 15 is 0 Å². The van der Waals surface area contributed by atoms with Crippen LogP contribution in [0.25, 0.3) is 0 Å². The van der Waals surface area contributed by atoms with Gasteiger partial charge in [0.2, 0.25) is 0 Å². The minimum Gasteiger partial charge on any atom is -0.481 e. The highest BCUT2D eigenvalue weighted by Crippen LogP contribution is 2.34. The summed E-state index contributed by atoms with van der Waals surface area (Å²) in [5.74, 6) is -0.198. The van der Waals surface area contributed by atoms with Gasteiger partial charge in [0, 0.05) is 6.04 Å². The van der Waals surface area contributed by atoms with Crippen LogP contribution in [0.3, 0.4) is 0 Å². The molecular formula is C14H19NO2. The molecule has 3 heteroatoms. The normalized spacial score (nSPS) is 18.2. The van der Waals surface area contributed by atoms with E-state index in [0.717, 1.165) is 5.56 Å². The fraction of sp³-hybridized carbons (Fsp3) is 0.500. The molecule has 17 heavy (non-hydrogen) atoms. The molecule has 92 valence electrons. The van der Waals surface area contributed by atoms with Gasteiger partial charge in [-0.05, 0) is 29.9 Å². The number of hydrogen-bond acceptors (Lipinski definition) is 2. The van der Waals surface area contributed by atoms with Crippen LogP contribution in [0.4, 0.5) is 0 Å². The highest BCUT2D eigenvalue weighted by Gasteiger charge is 2.18. The molecular weight excluding hydrogens is 214 g/mol. The molecule has 0 bridgehead atoms. The summed E-state index contributed by atoms with van der Waals surface area (Å²) in [4.78, 5) is 10.6. The number of benzene rings is 1. The maximum Gasteiger partial charge on any atom is 0.305 e. The van der Waals surface area contributed by atoms with Crippen molar-refractivity contribution in [1.82, 2.24) is 0 Å². The fourth-order valence-electron chi connectivity index (χ4n) is 2.61. The molecule has 1 aliphatic carbocycles. The molecule has 0 amide bonds. The molecule has 1 unspecified atom stereocenters. The van der Waals surface area contributed by atoms with E-state index in [2.05, 4.69) is 12.1 Å². The van der Waals surface area contributed by atoms with Crippen LogP contribution in [0.5, 0.6) is 0 Å². The van der Waals surface area contributed by atoms with Crippen molar-refractivity contribution in [3.05, 3.63) is 35.4 Å². The quantitative estimate of drug-likeness (QED) is 0.840. The first-order valence-electron chi connectivity index (χ1n) is 6.24. The summed E-state index contributed by atoms with van der Waals surface area (Å²) >= 11 is 0. The van der Waals surface area contributed by atoms with Gasteiger partial charge >= 0.3 is 5.97 Å². The van der Waals surface area contributed by atoms with Gasteiger partial charge in [-0.25, -0.2) is 0 Å². The van der Waals surface area contributed by atoms with Gasteiger partial charge in [-0.1, -0.05) is 37.1 Å². The molecule has 0 aromatic heterocycles. The highest BCUT2D eigenvalue weighted by molar-refractivity contribution is 5.67. The first-order chi connectivity index (χ1) is 8.16. The smallest absolute Gasteiger partial charge is 0.305 e. The first-order valence-corrected chi connectivity index (χ1v) is 6.24. The lowest BCUT2D eigenvalue weighted by atomic mass is 9.93. The number of hydrogen-bond donors (Lipinski definition) is 2. The average molecular weight is 233 g/mol. The maximum absolute atomic E-state index is 10.6. The van der Waals surface area contributed by atoms with Crippen LogP contribution in [-0.2, 0) is 4.79 Å². The highest BCUT2D eigenvalue weighted by atomic mass is 16.4. The minimum absolute atomic E-state index is 0.00583. The number of carbonyl (C=O) groups is 1. The predicted molar refractivity (Wildman–Crippen MR) is 66.8 cm³/mol. The zero-order valence-electron chi connectivity index (χ0n) is 9.93. The van der Waals surface area contributed by atoms with Crippen LogP contribution >= 0.6 is 0 Å². The summed E-state index contributed by atoms with van der Waals surface area (Å²) < 4.78 is 0. The van der Waals surface area contributed by atoms with Crippen LogP contribution in [0.1, 0.15) is 55.2 Å². The van der Waals surface area contributed by atoms with E-state index in [1.807, 2.05) is 12.1 Å². The monoisotopic (exact) mass is 233 g/mol. The van der Waals surface area contributed by atoms with E-state index in [9.17, 15) is 4.79 Å². The molecule has 0 saturated heterocycles. The second kappa shape index (κ2) is 5.32. The largest absolute Gasteiger partial charge is 0.481 e. The molecule has 0 spiro atoms. The molecule has 1 aromatic rings. The van der Waals surface area contributed by atoms with E-state index in [0.29, 0.717) is 5.92 Å². The van der Waals surface area contributed by atoms with Gasteiger partial charge in [-0.15, -0.1) is 0 Å². The molecule has 0 radical (unpaired) electrons. The topological polar surface area (TPSA) is 63.3 Å². The Bertz CT molecular complexity index is 397. The van der Waals surface area contributed by atoms with Crippen LogP contribution in [0.2, 0.25) is 0 Å². The summed E-state index contributed by atoms with van der Waals surface area (Å²) in [6.07, 6.45) is 5.09.